The fourth-order valence-electron chi connectivity index (χ4n) is 3.05. The highest BCUT2D eigenvalue weighted by molar-refractivity contribution is 5.94. The number of nitrogens with zero attached hydrogens (tertiary/aromatic N) is 1. The fourth-order valence-corrected chi connectivity index (χ4v) is 3.05. The summed E-state index contributed by atoms with van der Waals surface area (Å²) < 4.78 is 0. The zero-order valence-electron chi connectivity index (χ0n) is 10.7. The van der Waals surface area contributed by atoms with E-state index < -0.39 is 17.4 Å². The van der Waals surface area contributed by atoms with Crippen LogP contribution in [0.25, 0.3) is 0 Å². The van der Waals surface area contributed by atoms with Gasteiger partial charge in [-0.15, -0.1) is 0 Å². The van der Waals surface area contributed by atoms with Gasteiger partial charge in [0, 0.05) is 6.54 Å². The summed E-state index contributed by atoms with van der Waals surface area (Å²) in [7, 11) is 0. The molecule has 1 heterocycles. The lowest BCUT2D eigenvalue weighted by molar-refractivity contribution is -0.149. The molecule has 0 spiro atoms. The third-order valence-electron chi connectivity index (χ3n) is 4.28. The van der Waals surface area contributed by atoms with Crippen molar-refractivity contribution in [3.8, 4) is 0 Å². The first-order valence-corrected chi connectivity index (χ1v) is 6.74. The Bertz CT molecular complexity index is 507. The highest BCUT2D eigenvalue weighted by Gasteiger charge is 2.55. The van der Waals surface area contributed by atoms with E-state index in [-0.39, 0.29) is 5.91 Å². The summed E-state index contributed by atoms with van der Waals surface area (Å²) in [6.07, 6.45) is 3.02. The van der Waals surface area contributed by atoms with Gasteiger partial charge in [-0.1, -0.05) is 30.3 Å². The maximum Gasteiger partial charge on any atom is 0.326 e. The Morgan fingerprint density at radius 2 is 1.89 bits per heavy atom. The van der Waals surface area contributed by atoms with Crippen molar-refractivity contribution in [2.75, 3.05) is 6.54 Å². The van der Waals surface area contributed by atoms with Crippen LogP contribution in [-0.4, -0.2) is 34.5 Å². The second kappa shape index (κ2) is 4.37. The molecule has 0 radical (unpaired) electrons. The van der Waals surface area contributed by atoms with Crippen LogP contribution < -0.4 is 0 Å². The molecule has 1 aromatic carbocycles. The molecule has 1 atom stereocenters. The molecule has 1 aliphatic heterocycles. The molecule has 0 unspecified atom stereocenters. The van der Waals surface area contributed by atoms with E-state index in [1.807, 2.05) is 30.3 Å². The van der Waals surface area contributed by atoms with Crippen molar-refractivity contribution < 1.29 is 14.7 Å². The minimum Gasteiger partial charge on any atom is -0.480 e. The number of aliphatic carboxylic acids is 1. The van der Waals surface area contributed by atoms with E-state index in [1.54, 1.807) is 4.90 Å². The van der Waals surface area contributed by atoms with E-state index in [4.69, 9.17) is 0 Å². The van der Waals surface area contributed by atoms with Gasteiger partial charge in [-0.25, -0.2) is 4.79 Å². The predicted molar refractivity (Wildman–Crippen MR) is 69.7 cm³/mol. The number of amides is 1. The second-order valence-corrected chi connectivity index (χ2v) is 5.44. The average Bonchev–Trinajstić information content (AvgIpc) is 3.08. The zero-order valence-corrected chi connectivity index (χ0v) is 10.7. The molecule has 1 amide bonds. The SMILES string of the molecule is O=C(O)[C@H]1CCCN1C(=O)C1(c2ccccc2)CC1. The lowest BCUT2D eigenvalue weighted by atomic mass is 9.94. The van der Waals surface area contributed by atoms with Gasteiger partial charge in [0.05, 0.1) is 5.41 Å². The van der Waals surface area contributed by atoms with Crippen molar-refractivity contribution >= 4 is 11.9 Å². The number of hydrogen-bond acceptors (Lipinski definition) is 2. The standard InChI is InChI=1S/C15H17NO3/c17-13(18)12-7-4-10-16(12)14(19)15(8-9-15)11-5-2-1-3-6-11/h1-3,5-6,12H,4,7-10H2,(H,17,18)/t12-/m1/s1. The van der Waals surface area contributed by atoms with Crippen LogP contribution in [0.5, 0.6) is 0 Å². The van der Waals surface area contributed by atoms with Gasteiger partial charge in [-0.2, -0.15) is 0 Å². The molecular formula is C15H17NO3. The van der Waals surface area contributed by atoms with Gasteiger partial charge in [0.15, 0.2) is 0 Å². The molecule has 2 aliphatic rings. The summed E-state index contributed by atoms with van der Waals surface area (Å²) in [5.41, 5.74) is 0.579. The molecule has 2 fully saturated rings. The molecule has 4 heteroatoms. The van der Waals surface area contributed by atoms with Gasteiger partial charge in [0.2, 0.25) is 5.91 Å². The molecule has 1 saturated carbocycles. The minimum absolute atomic E-state index is 0.00333. The number of likely N-dealkylation sites (tertiary alicyclic amines) is 1. The largest absolute Gasteiger partial charge is 0.480 e. The number of hydrogen-bond donors (Lipinski definition) is 1. The first-order valence-electron chi connectivity index (χ1n) is 6.74. The molecule has 4 nitrogen and oxygen atoms in total. The van der Waals surface area contributed by atoms with Crippen molar-refractivity contribution in [3.05, 3.63) is 35.9 Å². The Morgan fingerprint density at radius 1 is 1.21 bits per heavy atom. The summed E-state index contributed by atoms with van der Waals surface area (Å²) in [5, 5.41) is 9.20. The molecule has 0 aromatic heterocycles. The zero-order chi connectivity index (χ0) is 13.5. The highest BCUT2D eigenvalue weighted by atomic mass is 16.4. The molecular weight excluding hydrogens is 242 g/mol. The van der Waals surface area contributed by atoms with E-state index in [0.29, 0.717) is 13.0 Å². The third kappa shape index (κ3) is 1.91. The van der Waals surface area contributed by atoms with Crippen molar-refractivity contribution in [1.82, 2.24) is 4.90 Å². The molecule has 1 N–H and O–H groups in total. The molecule has 1 aliphatic carbocycles. The third-order valence-corrected chi connectivity index (χ3v) is 4.28. The second-order valence-electron chi connectivity index (χ2n) is 5.44. The number of carboxylic acids is 1. The van der Waals surface area contributed by atoms with E-state index in [0.717, 1.165) is 24.8 Å². The fraction of sp³-hybridized carbons (Fsp3) is 0.467. The summed E-state index contributed by atoms with van der Waals surface area (Å²) in [6, 6.07) is 9.10. The maximum atomic E-state index is 12.7. The van der Waals surface area contributed by atoms with E-state index in [1.165, 1.54) is 0 Å². The van der Waals surface area contributed by atoms with Gasteiger partial charge in [-0.05, 0) is 31.2 Å². The van der Waals surface area contributed by atoms with E-state index in [9.17, 15) is 14.7 Å². The molecule has 1 aromatic rings. The molecule has 19 heavy (non-hydrogen) atoms. The van der Waals surface area contributed by atoms with E-state index in [2.05, 4.69) is 0 Å². The Morgan fingerprint density at radius 3 is 2.47 bits per heavy atom. The van der Waals surface area contributed by atoms with E-state index >= 15 is 0 Å². The highest BCUT2D eigenvalue weighted by Crippen LogP contribution is 2.50. The van der Waals surface area contributed by atoms with Crippen LogP contribution >= 0.6 is 0 Å². The molecule has 100 valence electrons. The summed E-state index contributed by atoms with van der Waals surface area (Å²) in [4.78, 5) is 25.5. The van der Waals surface area contributed by atoms with Gasteiger partial charge in [0.25, 0.3) is 0 Å². The van der Waals surface area contributed by atoms with Crippen LogP contribution in [0, 0.1) is 0 Å². The minimum atomic E-state index is -0.880. The molecule has 1 saturated heterocycles. The average molecular weight is 259 g/mol. The number of benzene rings is 1. The first kappa shape index (κ1) is 12.2. The number of carboxylic acid groups (broad SMARTS) is 1. The molecule has 3 rings (SSSR count). The maximum absolute atomic E-state index is 12.7. The van der Waals surface area contributed by atoms with Gasteiger partial charge in [0.1, 0.15) is 6.04 Å². The normalized spacial score (nSPS) is 24.2. The lowest BCUT2D eigenvalue weighted by Gasteiger charge is -2.27. The van der Waals surface area contributed by atoms with Crippen LogP contribution in [0.1, 0.15) is 31.2 Å². The summed E-state index contributed by atoms with van der Waals surface area (Å²) in [6.45, 7) is 0.574. The van der Waals surface area contributed by atoms with Crippen molar-refractivity contribution in [2.24, 2.45) is 0 Å². The van der Waals surface area contributed by atoms with Crippen LogP contribution in [-0.2, 0) is 15.0 Å². The Labute approximate surface area is 112 Å². The quantitative estimate of drug-likeness (QED) is 0.900. The van der Waals surface area contributed by atoms with Crippen LogP contribution in [0.2, 0.25) is 0 Å². The summed E-state index contributed by atoms with van der Waals surface area (Å²) >= 11 is 0. The van der Waals surface area contributed by atoms with Crippen molar-refractivity contribution in [1.29, 1.82) is 0 Å². The van der Waals surface area contributed by atoms with Gasteiger partial charge < -0.3 is 10.0 Å². The number of rotatable bonds is 3. The first-order chi connectivity index (χ1) is 9.15. The Kier molecular flexibility index (Phi) is 2.81. The number of carbonyl (C=O) groups is 2. The van der Waals surface area contributed by atoms with Gasteiger partial charge in [-0.3, -0.25) is 4.79 Å². The Balaban J connectivity index is 1.86. The summed E-state index contributed by atoms with van der Waals surface area (Å²) in [5.74, 6) is -0.877. The predicted octanol–water partition coefficient (Wildman–Crippen LogP) is 1.79. The smallest absolute Gasteiger partial charge is 0.326 e. The van der Waals surface area contributed by atoms with Crippen LogP contribution in [0.3, 0.4) is 0 Å². The monoisotopic (exact) mass is 259 g/mol. The lowest BCUT2D eigenvalue weighted by Crippen LogP contribution is -2.45. The molecule has 0 bridgehead atoms. The van der Waals surface area contributed by atoms with Crippen molar-refractivity contribution in [2.45, 2.75) is 37.1 Å². The van der Waals surface area contributed by atoms with Gasteiger partial charge >= 0.3 is 5.97 Å². The topological polar surface area (TPSA) is 57.6 Å². The van der Waals surface area contributed by atoms with Crippen LogP contribution in [0.4, 0.5) is 0 Å². The Hall–Kier alpha value is -1.84. The number of carbonyl (C=O) groups excluding carboxylic acids is 1. The van der Waals surface area contributed by atoms with Crippen molar-refractivity contribution in [3.63, 3.8) is 0 Å². The van der Waals surface area contributed by atoms with Crippen LogP contribution in [0.15, 0.2) is 30.3 Å².